The summed E-state index contributed by atoms with van der Waals surface area (Å²) in [6.07, 6.45) is 3.95. The zero-order valence-electron chi connectivity index (χ0n) is 9.25. The molecule has 3 heteroatoms. The number of carbonyl (C=O) groups excluding carboxylic acids is 3. The highest BCUT2D eigenvalue weighted by Crippen LogP contribution is 2.21. The van der Waals surface area contributed by atoms with Gasteiger partial charge in [-0.15, -0.1) is 0 Å². The number of carbonyl (C=O) groups is 3. The number of ketones is 3. The number of hydrogen-bond acceptors (Lipinski definition) is 3. The monoisotopic (exact) mass is 210 g/mol. The van der Waals surface area contributed by atoms with Crippen LogP contribution in [0.4, 0.5) is 0 Å². The molecule has 0 aromatic heterocycles. The molecule has 15 heavy (non-hydrogen) atoms. The zero-order valence-corrected chi connectivity index (χ0v) is 9.25. The molecule has 0 spiro atoms. The van der Waals surface area contributed by atoms with E-state index < -0.39 is 5.92 Å². The molecule has 0 radical (unpaired) electrons. The summed E-state index contributed by atoms with van der Waals surface area (Å²) in [6, 6.07) is 0. The van der Waals surface area contributed by atoms with Gasteiger partial charge in [-0.2, -0.15) is 0 Å². The minimum absolute atomic E-state index is 0.0375. The fourth-order valence-corrected chi connectivity index (χ4v) is 2.00. The Morgan fingerprint density at radius 2 is 1.80 bits per heavy atom. The second-order valence-corrected chi connectivity index (χ2v) is 4.17. The fraction of sp³-hybridized carbons (Fsp3) is 0.750. The third-order valence-corrected chi connectivity index (χ3v) is 2.86. The number of hydrogen-bond donors (Lipinski definition) is 0. The Labute approximate surface area is 90.2 Å². The van der Waals surface area contributed by atoms with Crippen LogP contribution in [0.3, 0.4) is 0 Å². The predicted octanol–water partition coefficient (Wildman–Crippen LogP) is 2.07. The van der Waals surface area contributed by atoms with E-state index in [1.54, 1.807) is 0 Å². The first-order valence-electron chi connectivity index (χ1n) is 5.72. The molecule has 1 fully saturated rings. The summed E-state index contributed by atoms with van der Waals surface area (Å²) in [5, 5.41) is 0. The van der Waals surface area contributed by atoms with E-state index in [-0.39, 0.29) is 17.3 Å². The maximum atomic E-state index is 11.4. The Hall–Kier alpha value is -0.990. The molecule has 0 amide bonds. The third-order valence-electron chi connectivity index (χ3n) is 2.86. The molecule has 1 rings (SSSR count). The number of Topliss-reactive ketones (excluding diaryl/α,β-unsaturated/α-hetero) is 3. The summed E-state index contributed by atoms with van der Waals surface area (Å²) >= 11 is 0. The first-order valence-corrected chi connectivity index (χ1v) is 5.72. The van der Waals surface area contributed by atoms with Gasteiger partial charge in [0.05, 0.1) is 5.92 Å². The van der Waals surface area contributed by atoms with Crippen LogP contribution in [-0.4, -0.2) is 17.3 Å². The van der Waals surface area contributed by atoms with Crippen molar-refractivity contribution in [2.24, 2.45) is 5.92 Å². The van der Waals surface area contributed by atoms with Crippen molar-refractivity contribution in [3.63, 3.8) is 0 Å². The Morgan fingerprint density at radius 1 is 1.20 bits per heavy atom. The largest absolute Gasteiger partial charge is 0.300 e. The van der Waals surface area contributed by atoms with Crippen LogP contribution in [0.5, 0.6) is 0 Å². The molecule has 0 aliphatic heterocycles. The molecule has 0 atom stereocenters. The second kappa shape index (κ2) is 5.79. The zero-order chi connectivity index (χ0) is 11.3. The average molecular weight is 210 g/mol. The van der Waals surface area contributed by atoms with E-state index in [9.17, 15) is 14.4 Å². The van der Waals surface area contributed by atoms with Gasteiger partial charge < -0.3 is 0 Å². The molecule has 3 nitrogen and oxygen atoms in total. The van der Waals surface area contributed by atoms with E-state index in [2.05, 4.69) is 0 Å². The Bertz CT molecular complexity index is 252. The average Bonchev–Trinajstić information content (AvgIpc) is 2.17. The van der Waals surface area contributed by atoms with Crippen molar-refractivity contribution in [1.29, 1.82) is 0 Å². The summed E-state index contributed by atoms with van der Waals surface area (Å²) in [6.45, 7) is 1.95. The first-order chi connectivity index (χ1) is 7.15. The van der Waals surface area contributed by atoms with Crippen LogP contribution in [0.2, 0.25) is 0 Å². The minimum Gasteiger partial charge on any atom is -0.300 e. The molecule has 1 aliphatic carbocycles. The van der Waals surface area contributed by atoms with Crippen molar-refractivity contribution < 1.29 is 14.4 Å². The van der Waals surface area contributed by atoms with Gasteiger partial charge >= 0.3 is 0 Å². The van der Waals surface area contributed by atoms with Crippen LogP contribution < -0.4 is 0 Å². The van der Waals surface area contributed by atoms with Crippen molar-refractivity contribution in [3.8, 4) is 0 Å². The maximum absolute atomic E-state index is 11.4. The molecule has 84 valence electrons. The molecule has 0 N–H and O–H groups in total. The Balaban J connectivity index is 2.39. The summed E-state index contributed by atoms with van der Waals surface area (Å²) in [7, 11) is 0. The molecule has 0 unspecified atom stereocenters. The quantitative estimate of drug-likeness (QED) is 0.653. The topological polar surface area (TPSA) is 51.2 Å². The lowest BCUT2D eigenvalue weighted by Crippen LogP contribution is -2.29. The molecule has 1 saturated carbocycles. The molecule has 1 aliphatic rings. The van der Waals surface area contributed by atoms with Crippen LogP contribution in [0.15, 0.2) is 0 Å². The third kappa shape index (κ3) is 3.57. The highest BCUT2D eigenvalue weighted by Gasteiger charge is 2.29. The smallest absolute Gasteiger partial charge is 0.143 e. The Morgan fingerprint density at radius 3 is 2.33 bits per heavy atom. The SMILES string of the molecule is CCCC(=O)CCC1C(=O)CCCC1=O. The van der Waals surface area contributed by atoms with Crippen molar-refractivity contribution >= 4 is 17.3 Å². The van der Waals surface area contributed by atoms with Crippen molar-refractivity contribution in [1.82, 2.24) is 0 Å². The lowest BCUT2D eigenvalue weighted by Gasteiger charge is -2.18. The van der Waals surface area contributed by atoms with Gasteiger partial charge in [0.2, 0.25) is 0 Å². The van der Waals surface area contributed by atoms with Gasteiger partial charge in [-0.1, -0.05) is 6.92 Å². The minimum atomic E-state index is -0.473. The maximum Gasteiger partial charge on any atom is 0.143 e. The van der Waals surface area contributed by atoms with E-state index >= 15 is 0 Å². The molecule has 0 aromatic carbocycles. The molecule has 0 bridgehead atoms. The molecule has 0 saturated heterocycles. The van der Waals surface area contributed by atoms with E-state index in [0.717, 1.165) is 6.42 Å². The van der Waals surface area contributed by atoms with Crippen LogP contribution >= 0.6 is 0 Å². The first kappa shape index (κ1) is 12.1. The molecular formula is C12H18O3. The normalized spacial score (nSPS) is 18.2. The van der Waals surface area contributed by atoms with Crippen LogP contribution in [-0.2, 0) is 14.4 Å². The summed E-state index contributed by atoms with van der Waals surface area (Å²) in [4.78, 5) is 34.2. The van der Waals surface area contributed by atoms with Gasteiger partial charge in [-0.05, 0) is 19.3 Å². The van der Waals surface area contributed by atoms with Crippen LogP contribution in [0, 0.1) is 5.92 Å². The van der Waals surface area contributed by atoms with Gasteiger partial charge in [0.1, 0.15) is 17.3 Å². The predicted molar refractivity (Wildman–Crippen MR) is 56.5 cm³/mol. The van der Waals surface area contributed by atoms with Crippen molar-refractivity contribution in [2.75, 3.05) is 0 Å². The van der Waals surface area contributed by atoms with E-state index in [1.807, 2.05) is 6.92 Å². The van der Waals surface area contributed by atoms with E-state index in [1.165, 1.54) is 0 Å². The summed E-state index contributed by atoms with van der Waals surface area (Å²) in [5.74, 6) is -0.227. The van der Waals surface area contributed by atoms with Gasteiger partial charge in [0.25, 0.3) is 0 Å². The lowest BCUT2D eigenvalue weighted by atomic mass is 9.83. The second-order valence-electron chi connectivity index (χ2n) is 4.17. The lowest BCUT2D eigenvalue weighted by molar-refractivity contribution is -0.135. The molecule has 0 heterocycles. The van der Waals surface area contributed by atoms with Crippen LogP contribution in [0.25, 0.3) is 0 Å². The van der Waals surface area contributed by atoms with Gasteiger partial charge in [-0.25, -0.2) is 0 Å². The van der Waals surface area contributed by atoms with Crippen molar-refractivity contribution in [3.05, 3.63) is 0 Å². The molecule has 0 aromatic rings. The highest BCUT2D eigenvalue weighted by atomic mass is 16.2. The fourth-order valence-electron chi connectivity index (χ4n) is 2.00. The molecular weight excluding hydrogens is 192 g/mol. The standard InChI is InChI=1S/C12H18O3/c1-2-4-9(13)7-8-10-11(14)5-3-6-12(10)15/h10H,2-8H2,1H3. The van der Waals surface area contributed by atoms with E-state index in [4.69, 9.17) is 0 Å². The van der Waals surface area contributed by atoms with Crippen molar-refractivity contribution in [2.45, 2.75) is 51.9 Å². The van der Waals surface area contributed by atoms with Gasteiger partial charge in [0, 0.05) is 25.7 Å². The van der Waals surface area contributed by atoms with Crippen LogP contribution in [0.1, 0.15) is 51.9 Å². The summed E-state index contributed by atoms with van der Waals surface area (Å²) < 4.78 is 0. The van der Waals surface area contributed by atoms with Gasteiger partial charge in [-0.3, -0.25) is 14.4 Å². The highest BCUT2D eigenvalue weighted by molar-refractivity contribution is 6.04. The number of rotatable bonds is 5. The summed E-state index contributed by atoms with van der Waals surface area (Å²) in [5.41, 5.74) is 0. The Kier molecular flexibility index (Phi) is 4.66. The van der Waals surface area contributed by atoms with E-state index in [0.29, 0.717) is 38.5 Å². The van der Waals surface area contributed by atoms with Gasteiger partial charge in [0.15, 0.2) is 0 Å².